The topological polar surface area (TPSA) is 44.4 Å². The van der Waals surface area contributed by atoms with E-state index in [1.54, 1.807) is 12.1 Å². The Morgan fingerprint density at radius 2 is 1.89 bits per heavy atom. The van der Waals surface area contributed by atoms with E-state index in [-0.39, 0.29) is 22.0 Å². The summed E-state index contributed by atoms with van der Waals surface area (Å²) in [5.41, 5.74) is 1.80. The Kier molecular flexibility index (Phi) is 5.57. The van der Waals surface area contributed by atoms with Gasteiger partial charge in [-0.3, -0.25) is 9.80 Å². The van der Waals surface area contributed by atoms with Crippen LogP contribution in [-0.4, -0.2) is 18.1 Å². The van der Waals surface area contributed by atoms with E-state index in [1.807, 2.05) is 0 Å². The highest BCUT2D eigenvalue weighted by Gasteiger charge is 2.45. The molecule has 0 spiro atoms. The first-order valence-corrected chi connectivity index (χ1v) is 8.36. The van der Waals surface area contributed by atoms with Crippen LogP contribution in [0.1, 0.15) is 5.56 Å². The van der Waals surface area contributed by atoms with Crippen molar-refractivity contribution in [2.45, 2.75) is 18.8 Å². The van der Waals surface area contributed by atoms with Crippen LogP contribution in [0.3, 0.4) is 0 Å². The number of nitrogens with zero attached hydrogens (tertiary/aromatic N) is 1. The molecule has 0 saturated carbocycles. The molecular weight excluding hydrogens is 405 g/mol. The average molecular weight is 418 g/mol. The van der Waals surface area contributed by atoms with E-state index in [1.165, 1.54) is 12.1 Å². The van der Waals surface area contributed by atoms with Gasteiger partial charge in [0.1, 0.15) is 23.4 Å². The Bertz CT molecular complexity index is 932. The van der Waals surface area contributed by atoms with Crippen LogP contribution in [0.2, 0.25) is 5.02 Å². The van der Waals surface area contributed by atoms with E-state index in [0.717, 1.165) is 23.2 Å². The lowest BCUT2D eigenvalue weighted by Gasteiger charge is -2.25. The number of anilines is 1. The van der Waals surface area contributed by atoms with Crippen LogP contribution in [0.15, 0.2) is 54.2 Å². The summed E-state index contributed by atoms with van der Waals surface area (Å²) < 4.78 is 66.4. The molecule has 0 aliphatic carbocycles. The van der Waals surface area contributed by atoms with Crippen molar-refractivity contribution in [2.75, 3.05) is 5.01 Å². The lowest BCUT2D eigenvalue weighted by atomic mass is 10.2. The smallest absolute Gasteiger partial charge is 0.347 e. The molecule has 0 aromatic heterocycles. The number of halogens is 6. The van der Waals surface area contributed by atoms with Crippen molar-refractivity contribution in [2.24, 2.45) is 0 Å². The summed E-state index contributed by atoms with van der Waals surface area (Å²) in [6, 6.07) is 6.59. The first-order chi connectivity index (χ1) is 13.2. The molecule has 1 unspecified atom stereocenters. The van der Waals surface area contributed by atoms with Crippen LogP contribution in [0.25, 0.3) is 0 Å². The van der Waals surface area contributed by atoms with E-state index in [4.69, 9.17) is 11.6 Å². The van der Waals surface area contributed by atoms with Crippen LogP contribution < -0.4 is 15.8 Å². The maximum Gasteiger partial charge on any atom is 0.409 e. The van der Waals surface area contributed by atoms with E-state index in [9.17, 15) is 26.7 Å². The minimum Gasteiger partial charge on any atom is -0.347 e. The fourth-order valence-electron chi connectivity index (χ4n) is 2.60. The molecule has 1 aliphatic heterocycles. The first-order valence-electron chi connectivity index (χ1n) is 7.98. The van der Waals surface area contributed by atoms with Gasteiger partial charge >= 0.3 is 6.18 Å². The van der Waals surface area contributed by atoms with E-state index < -0.39 is 36.3 Å². The highest BCUT2D eigenvalue weighted by atomic mass is 35.5. The van der Waals surface area contributed by atoms with Gasteiger partial charge in [-0.15, -0.1) is 0 Å². The summed E-state index contributed by atoms with van der Waals surface area (Å²) in [5, 5.41) is 3.33. The number of carbonyl (C=O) groups is 1. The molecule has 0 fully saturated rings. The molecule has 10 heteroatoms. The Morgan fingerprint density at radius 1 is 1.18 bits per heavy atom. The summed E-state index contributed by atoms with van der Waals surface area (Å²) in [4.78, 5) is 12.5. The predicted octanol–water partition coefficient (Wildman–Crippen LogP) is 4.07. The fourth-order valence-corrected chi connectivity index (χ4v) is 2.82. The molecule has 1 amide bonds. The standard InChI is InChI=1S/C18H13ClF5N3O/c19-12-3-1-2-4-14(12)27-15(8-16(26-27)18(22,23)24)17(28)25-9-10-7-11(20)5-6-13(10)21/h1-8,16,26H,9H2,(H,25,28). The maximum atomic E-state index is 13.7. The number of alkyl halides is 3. The van der Waals surface area contributed by atoms with Gasteiger partial charge in [-0.2, -0.15) is 13.2 Å². The highest BCUT2D eigenvalue weighted by Crippen LogP contribution is 2.33. The summed E-state index contributed by atoms with van der Waals surface area (Å²) in [6.45, 7) is -0.410. The van der Waals surface area contributed by atoms with Gasteiger partial charge in [0.05, 0.1) is 10.7 Å². The number of rotatable bonds is 4. The van der Waals surface area contributed by atoms with Gasteiger partial charge in [0.25, 0.3) is 5.91 Å². The number of benzene rings is 2. The SMILES string of the molecule is O=C(NCc1cc(F)ccc1F)C1=CC(C(F)(F)F)NN1c1ccccc1Cl. The number of amides is 1. The summed E-state index contributed by atoms with van der Waals surface area (Å²) in [7, 11) is 0. The second-order valence-electron chi connectivity index (χ2n) is 5.91. The summed E-state index contributed by atoms with van der Waals surface area (Å²) in [5.74, 6) is -2.37. The summed E-state index contributed by atoms with van der Waals surface area (Å²) in [6.07, 6.45) is -3.96. The second kappa shape index (κ2) is 7.76. The van der Waals surface area contributed by atoms with E-state index >= 15 is 0 Å². The van der Waals surface area contributed by atoms with Crippen LogP contribution in [0.4, 0.5) is 27.6 Å². The van der Waals surface area contributed by atoms with Crippen molar-refractivity contribution in [3.63, 3.8) is 0 Å². The maximum absolute atomic E-state index is 13.7. The van der Waals surface area contributed by atoms with Crippen molar-refractivity contribution in [3.05, 3.63) is 76.5 Å². The molecule has 2 aromatic carbocycles. The molecular formula is C18H13ClF5N3O. The number of hydrogen-bond donors (Lipinski definition) is 2. The molecule has 3 rings (SSSR count). The number of hydrazine groups is 1. The van der Waals surface area contributed by atoms with Gasteiger partial charge in [0, 0.05) is 12.1 Å². The molecule has 1 heterocycles. The third-order valence-corrected chi connectivity index (χ3v) is 4.28. The lowest BCUT2D eigenvalue weighted by molar-refractivity contribution is -0.142. The van der Waals surface area contributed by atoms with Gasteiger partial charge in [-0.05, 0) is 36.4 Å². The molecule has 2 aromatic rings. The predicted molar refractivity (Wildman–Crippen MR) is 93.2 cm³/mol. The van der Waals surface area contributed by atoms with Gasteiger partial charge in [0.2, 0.25) is 0 Å². The second-order valence-corrected chi connectivity index (χ2v) is 6.31. The van der Waals surface area contributed by atoms with Crippen LogP contribution in [0, 0.1) is 11.6 Å². The van der Waals surface area contributed by atoms with Crippen molar-refractivity contribution >= 4 is 23.2 Å². The number of hydrogen-bond acceptors (Lipinski definition) is 3. The van der Waals surface area contributed by atoms with Gasteiger partial charge < -0.3 is 5.32 Å². The molecule has 1 atom stereocenters. The Morgan fingerprint density at radius 3 is 2.57 bits per heavy atom. The molecule has 28 heavy (non-hydrogen) atoms. The van der Waals surface area contributed by atoms with Crippen molar-refractivity contribution in [3.8, 4) is 0 Å². The van der Waals surface area contributed by atoms with Gasteiger partial charge in [-0.25, -0.2) is 14.2 Å². The van der Waals surface area contributed by atoms with E-state index in [0.29, 0.717) is 6.08 Å². The van der Waals surface area contributed by atoms with Crippen molar-refractivity contribution in [1.29, 1.82) is 0 Å². The minimum absolute atomic E-state index is 0.118. The molecule has 0 radical (unpaired) electrons. The Labute approximate surface area is 161 Å². The van der Waals surface area contributed by atoms with Crippen molar-refractivity contribution in [1.82, 2.24) is 10.7 Å². The molecule has 148 valence electrons. The third-order valence-electron chi connectivity index (χ3n) is 3.96. The van der Waals surface area contributed by atoms with Crippen LogP contribution in [0.5, 0.6) is 0 Å². The Balaban J connectivity index is 1.85. The van der Waals surface area contributed by atoms with Crippen LogP contribution in [-0.2, 0) is 11.3 Å². The monoisotopic (exact) mass is 417 g/mol. The number of carbonyl (C=O) groups excluding carboxylic acids is 1. The quantitative estimate of drug-likeness (QED) is 0.737. The molecule has 0 bridgehead atoms. The highest BCUT2D eigenvalue weighted by molar-refractivity contribution is 6.33. The molecule has 1 aliphatic rings. The normalized spacial score (nSPS) is 16.9. The average Bonchev–Trinajstić information content (AvgIpc) is 3.08. The number of para-hydroxylation sites is 1. The number of nitrogens with one attached hydrogen (secondary N) is 2. The van der Waals surface area contributed by atoms with Crippen molar-refractivity contribution < 1.29 is 26.7 Å². The molecule has 2 N–H and O–H groups in total. The van der Waals surface area contributed by atoms with Gasteiger partial charge in [0.15, 0.2) is 0 Å². The van der Waals surface area contributed by atoms with Crippen LogP contribution >= 0.6 is 11.6 Å². The zero-order chi connectivity index (χ0) is 20.5. The largest absolute Gasteiger partial charge is 0.409 e. The minimum atomic E-state index is -4.66. The van der Waals surface area contributed by atoms with E-state index in [2.05, 4.69) is 10.7 Å². The first kappa shape index (κ1) is 20.1. The van der Waals surface area contributed by atoms with Gasteiger partial charge in [-0.1, -0.05) is 23.7 Å². The fraction of sp³-hybridized carbons (Fsp3) is 0.167. The molecule has 4 nitrogen and oxygen atoms in total. The summed E-state index contributed by atoms with van der Waals surface area (Å²) >= 11 is 6.03. The third kappa shape index (κ3) is 4.26. The zero-order valence-corrected chi connectivity index (χ0v) is 14.8. The Hall–Kier alpha value is -2.65. The zero-order valence-electron chi connectivity index (χ0n) is 14.0. The molecule has 0 saturated heterocycles. The lowest BCUT2D eigenvalue weighted by Crippen LogP contribution is -2.46.